The summed E-state index contributed by atoms with van der Waals surface area (Å²) in [6.45, 7) is 10.1. The number of aryl methyl sites for hydroxylation is 2. The van der Waals surface area contributed by atoms with Crippen molar-refractivity contribution in [3.63, 3.8) is 0 Å². The number of hydrogen-bond acceptors (Lipinski definition) is 4. The lowest BCUT2D eigenvalue weighted by molar-refractivity contribution is 0.172. The Morgan fingerprint density at radius 2 is 1.86 bits per heavy atom. The molecule has 3 N–H and O–H groups in total. The van der Waals surface area contributed by atoms with Crippen LogP contribution in [0.25, 0.3) is 21.9 Å². The average molecular weight is 382 g/mol. The van der Waals surface area contributed by atoms with E-state index in [2.05, 4.69) is 67.8 Å². The number of unbranched alkanes of at least 4 members (excludes halogenated alkanes) is 2. The Balaban J connectivity index is 1.69. The molecular formula is C23H35N5. The van der Waals surface area contributed by atoms with E-state index in [1.54, 1.807) is 0 Å². The smallest absolute Gasteiger partial charge is 0.150 e. The van der Waals surface area contributed by atoms with Crippen molar-refractivity contribution in [2.75, 3.05) is 19.3 Å². The molecule has 0 bridgehead atoms. The normalized spacial score (nSPS) is 12.5. The molecule has 0 aliphatic heterocycles. The lowest BCUT2D eigenvalue weighted by atomic mass is 10.0. The first-order valence-electron chi connectivity index (χ1n) is 10.6. The van der Waals surface area contributed by atoms with Crippen molar-refractivity contribution in [2.45, 2.75) is 71.8 Å². The molecule has 152 valence electrons. The zero-order chi connectivity index (χ0) is 20.3. The Morgan fingerprint density at radius 3 is 2.57 bits per heavy atom. The maximum atomic E-state index is 6.15. The number of fused-ring (bicyclic) bond motifs is 3. The van der Waals surface area contributed by atoms with E-state index >= 15 is 0 Å². The number of nitrogens with zero attached hydrogens (tertiary/aromatic N) is 3. The molecule has 0 saturated heterocycles. The molecule has 3 aromatic rings. The maximum absolute atomic E-state index is 6.15. The zero-order valence-corrected chi connectivity index (χ0v) is 18.1. The van der Waals surface area contributed by atoms with Crippen LogP contribution in [0.3, 0.4) is 0 Å². The fraction of sp³-hybridized carbons (Fsp3) is 0.565. The molecule has 0 fully saturated rings. The first kappa shape index (κ1) is 20.6. The Hall–Kier alpha value is -2.14. The number of aromatic amines is 1. The van der Waals surface area contributed by atoms with Crippen LogP contribution in [0.2, 0.25) is 0 Å². The fourth-order valence-corrected chi connectivity index (χ4v) is 3.56. The molecule has 0 amide bonds. The van der Waals surface area contributed by atoms with Gasteiger partial charge in [-0.2, -0.15) is 0 Å². The van der Waals surface area contributed by atoms with Crippen LogP contribution in [-0.2, 0) is 12.8 Å². The van der Waals surface area contributed by atoms with Gasteiger partial charge in [-0.15, -0.1) is 0 Å². The summed E-state index contributed by atoms with van der Waals surface area (Å²) in [6.07, 6.45) is 6.77. The van der Waals surface area contributed by atoms with E-state index in [1.807, 2.05) is 0 Å². The van der Waals surface area contributed by atoms with Crippen molar-refractivity contribution in [1.82, 2.24) is 19.9 Å². The molecule has 0 radical (unpaired) electrons. The van der Waals surface area contributed by atoms with Gasteiger partial charge in [-0.3, -0.25) is 0 Å². The molecule has 2 aromatic heterocycles. The van der Waals surface area contributed by atoms with E-state index in [0.29, 0.717) is 5.82 Å². The molecule has 0 atom stereocenters. The van der Waals surface area contributed by atoms with Gasteiger partial charge in [0.1, 0.15) is 22.7 Å². The van der Waals surface area contributed by atoms with Crippen molar-refractivity contribution in [2.24, 2.45) is 0 Å². The molecule has 5 nitrogen and oxygen atoms in total. The maximum Gasteiger partial charge on any atom is 0.150 e. The van der Waals surface area contributed by atoms with Crippen LogP contribution in [0.15, 0.2) is 18.2 Å². The standard InChI is InChI=1S/C23H35N5/c1-6-10-19-26-20-17-15-16(11-8-7-9-14-28(5)23(2,3)4)12-13-18(17)25-22(24)21(20)27-19/h12-13,15H,6-11,14H2,1-5H3,(H2,24,25)(H,26,27). The first-order chi connectivity index (χ1) is 13.3. The molecule has 3 rings (SSSR count). The molecule has 0 aliphatic rings. The van der Waals surface area contributed by atoms with Gasteiger partial charge in [-0.1, -0.05) is 19.4 Å². The highest BCUT2D eigenvalue weighted by Gasteiger charge is 2.16. The third-order valence-corrected chi connectivity index (χ3v) is 5.66. The number of nitrogens with one attached hydrogen (secondary N) is 1. The Labute approximate surface area is 168 Å². The van der Waals surface area contributed by atoms with Gasteiger partial charge in [-0.05, 0) is 77.7 Å². The number of H-pyrrole nitrogens is 1. The number of nitrogens with two attached hydrogens (primary N) is 1. The summed E-state index contributed by atoms with van der Waals surface area (Å²) in [4.78, 5) is 15.2. The van der Waals surface area contributed by atoms with Crippen LogP contribution < -0.4 is 5.73 Å². The summed E-state index contributed by atoms with van der Waals surface area (Å²) in [6, 6.07) is 6.52. The molecule has 1 aromatic carbocycles. The quantitative estimate of drug-likeness (QED) is 0.533. The van der Waals surface area contributed by atoms with Crippen LogP contribution in [0.1, 0.15) is 64.8 Å². The van der Waals surface area contributed by atoms with Gasteiger partial charge in [0, 0.05) is 17.3 Å². The minimum absolute atomic E-state index is 0.249. The highest BCUT2D eigenvalue weighted by molar-refractivity contribution is 6.06. The summed E-state index contributed by atoms with van der Waals surface area (Å²) in [5.74, 6) is 1.53. The van der Waals surface area contributed by atoms with Gasteiger partial charge < -0.3 is 15.6 Å². The van der Waals surface area contributed by atoms with Gasteiger partial charge in [-0.25, -0.2) is 9.97 Å². The van der Waals surface area contributed by atoms with Gasteiger partial charge >= 0.3 is 0 Å². The molecule has 0 spiro atoms. The molecule has 0 saturated carbocycles. The number of benzene rings is 1. The lowest BCUT2D eigenvalue weighted by Crippen LogP contribution is -2.38. The van der Waals surface area contributed by atoms with E-state index in [1.165, 1.54) is 24.8 Å². The van der Waals surface area contributed by atoms with Crippen molar-refractivity contribution in [3.8, 4) is 0 Å². The summed E-state index contributed by atoms with van der Waals surface area (Å²) in [5, 5.41) is 1.10. The van der Waals surface area contributed by atoms with Crippen molar-refractivity contribution < 1.29 is 0 Å². The van der Waals surface area contributed by atoms with Crippen LogP contribution >= 0.6 is 0 Å². The van der Waals surface area contributed by atoms with Crippen LogP contribution in [0.5, 0.6) is 0 Å². The van der Waals surface area contributed by atoms with Crippen LogP contribution in [-0.4, -0.2) is 39.0 Å². The van der Waals surface area contributed by atoms with Gasteiger partial charge in [0.2, 0.25) is 0 Å². The monoisotopic (exact) mass is 381 g/mol. The van der Waals surface area contributed by atoms with E-state index < -0.39 is 0 Å². The van der Waals surface area contributed by atoms with Crippen molar-refractivity contribution in [3.05, 3.63) is 29.6 Å². The third-order valence-electron chi connectivity index (χ3n) is 5.66. The van der Waals surface area contributed by atoms with Crippen molar-refractivity contribution in [1.29, 1.82) is 0 Å². The molecule has 28 heavy (non-hydrogen) atoms. The highest BCUT2D eigenvalue weighted by atomic mass is 15.1. The molecule has 2 heterocycles. The fourth-order valence-electron chi connectivity index (χ4n) is 3.56. The lowest BCUT2D eigenvalue weighted by Gasteiger charge is -2.31. The SMILES string of the molecule is CCCc1nc2c([nH]1)c(N)nc1ccc(CCCCCN(C)C(C)(C)C)cc12. The summed E-state index contributed by atoms with van der Waals surface area (Å²) < 4.78 is 0. The largest absolute Gasteiger partial charge is 0.382 e. The Kier molecular flexibility index (Phi) is 6.23. The first-order valence-corrected chi connectivity index (χ1v) is 10.6. The highest BCUT2D eigenvalue weighted by Crippen LogP contribution is 2.27. The Morgan fingerprint density at radius 1 is 1.07 bits per heavy atom. The molecule has 0 unspecified atom stereocenters. The minimum Gasteiger partial charge on any atom is -0.382 e. The number of hydrogen-bond donors (Lipinski definition) is 2. The van der Waals surface area contributed by atoms with E-state index in [4.69, 9.17) is 10.7 Å². The minimum atomic E-state index is 0.249. The van der Waals surface area contributed by atoms with Gasteiger partial charge in [0.25, 0.3) is 0 Å². The number of anilines is 1. The topological polar surface area (TPSA) is 70.8 Å². The predicted octanol–water partition coefficient (Wildman–Crippen LogP) is 5.09. The summed E-state index contributed by atoms with van der Waals surface area (Å²) in [5.41, 5.74) is 10.5. The number of aromatic nitrogens is 3. The second-order valence-corrected chi connectivity index (χ2v) is 8.91. The summed E-state index contributed by atoms with van der Waals surface area (Å²) >= 11 is 0. The third kappa shape index (κ3) is 4.64. The molecular weight excluding hydrogens is 346 g/mol. The predicted molar refractivity (Wildman–Crippen MR) is 120 cm³/mol. The van der Waals surface area contributed by atoms with E-state index in [-0.39, 0.29) is 5.54 Å². The Bertz CT molecular complexity index is 935. The van der Waals surface area contributed by atoms with Crippen LogP contribution in [0, 0.1) is 0 Å². The van der Waals surface area contributed by atoms with Crippen LogP contribution in [0.4, 0.5) is 5.82 Å². The molecule has 0 aliphatic carbocycles. The van der Waals surface area contributed by atoms with Crippen molar-refractivity contribution >= 4 is 27.8 Å². The number of nitrogen functional groups attached to an aromatic ring is 1. The summed E-state index contributed by atoms with van der Waals surface area (Å²) in [7, 11) is 2.21. The van der Waals surface area contributed by atoms with E-state index in [0.717, 1.165) is 53.6 Å². The second-order valence-electron chi connectivity index (χ2n) is 8.91. The number of pyridine rings is 1. The van der Waals surface area contributed by atoms with Gasteiger partial charge in [0.05, 0.1) is 5.52 Å². The average Bonchev–Trinajstić information content (AvgIpc) is 3.06. The van der Waals surface area contributed by atoms with E-state index in [9.17, 15) is 0 Å². The number of imidazole rings is 1. The number of rotatable bonds is 8. The van der Waals surface area contributed by atoms with Gasteiger partial charge in [0.15, 0.2) is 0 Å². The zero-order valence-electron chi connectivity index (χ0n) is 18.1. The second kappa shape index (κ2) is 8.48. The molecule has 5 heteroatoms.